The molecule has 0 aliphatic carbocycles. The molecule has 0 heterocycles. The summed E-state index contributed by atoms with van der Waals surface area (Å²) in [5, 5.41) is 2.32. The van der Waals surface area contributed by atoms with Crippen LogP contribution in [0.25, 0.3) is 0 Å². The first-order valence-electron chi connectivity index (χ1n) is 3.83. The molecule has 1 atom stereocenters. The van der Waals surface area contributed by atoms with Crippen LogP contribution in [0, 0.1) is 5.41 Å². The summed E-state index contributed by atoms with van der Waals surface area (Å²) in [6.07, 6.45) is -2.12. The number of alkyl halides is 2. The molecule has 0 fully saturated rings. The lowest BCUT2D eigenvalue weighted by atomic mass is 9.88. The Balaban J connectivity index is 4.31. The zero-order valence-corrected chi connectivity index (χ0v) is 8.62. The first kappa shape index (κ1) is 12.4. The SMILES string of the molecule is CC(C)(C)C(C=O)NC(=S)C(F)F. The lowest BCUT2D eigenvalue weighted by Gasteiger charge is -2.27. The first-order valence-corrected chi connectivity index (χ1v) is 4.23. The van der Waals surface area contributed by atoms with E-state index in [2.05, 4.69) is 17.5 Å². The van der Waals surface area contributed by atoms with E-state index in [1.807, 2.05) is 0 Å². The van der Waals surface area contributed by atoms with Crippen molar-refractivity contribution in [2.24, 2.45) is 5.41 Å². The second-order valence-corrected chi connectivity index (χ2v) is 4.23. The fourth-order valence-electron chi connectivity index (χ4n) is 0.671. The third-order valence-corrected chi connectivity index (χ3v) is 1.86. The van der Waals surface area contributed by atoms with Gasteiger partial charge in [-0.3, -0.25) is 0 Å². The van der Waals surface area contributed by atoms with E-state index in [1.54, 1.807) is 20.8 Å². The van der Waals surface area contributed by atoms with Gasteiger partial charge in [-0.15, -0.1) is 0 Å². The minimum atomic E-state index is -2.71. The van der Waals surface area contributed by atoms with E-state index in [0.717, 1.165) is 0 Å². The quantitative estimate of drug-likeness (QED) is 0.567. The van der Waals surface area contributed by atoms with Gasteiger partial charge in [-0.25, -0.2) is 8.78 Å². The van der Waals surface area contributed by atoms with Crippen LogP contribution < -0.4 is 5.32 Å². The van der Waals surface area contributed by atoms with Gasteiger partial charge in [0.15, 0.2) is 0 Å². The van der Waals surface area contributed by atoms with Crippen LogP contribution >= 0.6 is 12.2 Å². The van der Waals surface area contributed by atoms with Crippen molar-refractivity contribution in [1.29, 1.82) is 0 Å². The largest absolute Gasteiger partial charge is 0.365 e. The van der Waals surface area contributed by atoms with Crippen molar-refractivity contribution in [1.82, 2.24) is 5.32 Å². The molecule has 0 bridgehead atoms. The summed E-state index contributed by atoms with van der Waals surface area (Å²) in [7, 11) is 0. The van der Waals surface area contributed by atoms with Crippen LogP contribution in [0.2, 0.25) is 0 Å². The smallest absolute Gasteiger partial charge is 0.288 e. The molecule has 0 aliphatic rings. The van der Waals surface area contributed by atoms with Gasteiger partial charge in [-0.05, 0) is 5.41 Å². The van der Waals surface area contributed by atoms with Crippen LogP contribution in [-0.2, 0) is 4.79 Å². The Kier molecular flexibility index (Phi) is 4.39. The van der Waals surface area contributed by atoms with Crippen molar-refractivity contribution in [3.8, 4) is 0 Å². The molecule has 5 heteroatoms. The molecule has 0 saturated heterocycles. The Morgan fingerprint density at radius 1 is 1.46 bits per heavy atom. The number of halogens is 2. The number of carbonyl (C=O) groups excluding carboxylic acids is 1. The second kappa shape index (κ2) is 4.60. The summed E-state index contributed by atoms with van der Waals surface area (Å²) < 4.78 is 24.0. The average molecular weight is 209 g/mol. The van der Waals surface area contributed by atoms with E-state index < -0.39 is 22.9 Å². The number of aldehydes is 1. The molecule has 0 amide bonds. The first-order chi connectivity index (χ1) is 5.79. The fourth-order valence-corrected chi connectivity index (χ4v) is 0.798. The molecular formula is C8H13F2NOS. The Bertz CT molecular complexity index is 201. The Morgan fingerprint density at radius 2 is 1.92 bits per heavy atom. The van der Waals surface area contributed by atoms with Crippen molar-refractivity contribution < 1.29 is 13.6 Å². The number of nitrogens with one attached hydrogen (secondary N) is 1. The standard InChI is InChI=1S/C8H13F2NOS/c1-8(2,3)5(4-12)11-7(13)6(9)10/h4-6H,1-3H3,(H,11,13). The van der Waals surface area contributed by atoms with E-state index in [9.17, 15) is 13.6 Å². The van der Waals surface area contributed by atoms with Crippen LogP contribution in [0.1, 0.15) is 20.8 Å². The molecule has 0 aromatic rings. The van der Waals surface area contributed by atoms with Gasteiger partial charge in [-0.2, -0.15) is 0 Å². The van der Waals surface area contributed by atoms with Gasteiger partial charge < -0.3 is 10.1 Å². The number of hydrogen-bond donors (Lipinski definition) is 1. The number of thiocarbonyl (C=S) groups is 1. The highest BCUT2D eigenvalue weighted by Crippen LogP contribution is 2.17. The molecular weight excluding hydrogens is 196 g/mol. The lowest BCUT2D eigenvalue weighted by molar-refractivity contribution is -0.111. The zero-order valence-electron chi connectivity index (χ0n) is 7.80. The summed E-state index contributed by atoms with van der Waals surface area (Å²) in [6.45, 7) is 5.31. The molecule has 0 aliphatic heterocycles. The van der Waals surface area contributed by atoms with Gasteiger partial charge in [0.2, 0.25) is 0 Å². The van der Waals surface area contributed by atoms with Gasteiger partial charge in [-0.1, -0.05) is 33.0 Å². The lowest BCUT2D eigenvalue weighted by Crippen LogP contribution is -2.46. The maximum absolute atomic E-state index is 12.0. The highest BCUT2D eigenvalue weighted by molar-refractivity contribution is 7.80. The van der Waals surface area contributed by atoms with Crippen molar-refractivity contribution in [2.45, 2.75) is 33.2 Å². The summed E-state index contributed by atoms with van der Waals surface area (Å²) in [4.78, 5) is 9.97. The molecule has 1 unspecified atom stereocenters. The molecule has 0 spiro atoms. The average Bonchev–Trinajstić information content (AvgIpc) is 1.96. The van der Waals surface area contributed by atoms with Crippen LogP contribution in [0.15, 0.2) is 0 Å². The van der Waals surface area contributed by atoms with E-state index in [1.165, 1.54) is 0 Å². The molecule has 1 N–H and O–H groups in total. The van der Waals surface area contributed by atoms with Gasteiger partial charge >= 0.3 is 0 Å². The Labute approximate surface area is 81.7 Å². The molecule has 0 rings (SSSR count). The van der Waals surface area contributed by atoms with Crippen LogP contribution in [-0.4, -0.2) is 23.7 Å². The molecule has 0 saturated carbocycles. The third kappa shape index (κ3) is 4.26. The summed E-state index contributed by atoms with van der Waals surface area (Å²) in [5.41, 5.74) is -0.416. The van der Waals surface area contributed by atoms with Crippen LogP contribution in [0.4, 0.5) is 8.78 Å². The van der Waals surface area contributed by atoms with Gasteiger partial charge in [0.25, 0.3) is 6.43 Å². The molecule has 0 aromatic heterocycles. The summed E-state index contributed by atoms with van der Waals surface area (Å²) >= 11 is 4.37. The summed E-state index contributed by atoms with van der Waals surface area (Å²) in [6, 6.07) is -0.672. The van der Waals surface area contributed by atoms with Crippen molar-refractivity contribution in [3.63, 3.8) is 0 Å². The minimum absolute atomic E-state index is 0.416. The van der Waals surface area contributed by atoms with E-state index in [0.29, 0.717) is 6.29 Å². The molecule has 76 valence electrons. The number of rotatable bonds is 3. The second-order valence-electron chi connectivity index (χ2n) is 3.79. The molecule has 0 aromatic carbocycles. The highest BCUT2D eigenvalue weighted by Gasteiger charge is 2.26. The Hall–Kier alpha value is -0.580. The van der Waals surface area contributed by atoms with Crippen molar-refractivity contribution in [2.75, 3.05) is 0 Å². The molecule has 2 nitrogen and oxygen atoms in total. The topological polar surface area (TPSA) is 29.1 Å². The number of hydrogen-bond acceptors (Lipinski definition) is 2. The van der Waals surface area contributed by atoms with Crippen molar-refractivity contribution in [3.05, 3.63) is 0 Å². The molecule has 0 radical (unpaired) electrons. The summed E-state index contributed by atoms with van der Waals surface area (Å²) in [5.74, 6) is 0. The normalized spacial score (nSPS) is 14.0. The van der Waals surface area contributed by atoms with Gasteiger partial charge in [0.05, 0.1) is 6.04 Å². The highest BCUT2D eigenvalue weighted by atomic mass is 32.1. The van der Waals surface area contributed by atoms with E-state index >= 15 is 0 Å². The fraction of sp³-hybridized carbons (Fsp3) is 0.750. The molecule has 13 heavy (non-hydrogen) atoms. The predicted molar refractivity (Wildman–Crippen MR) is 51.0 cm³/mol. The van der Waals surface area contributed by atoms with Gasteiger partial charge in [0.1, 0.15) is 11.3 Å². The van der Waals surface area contributed by atoms with E-state index in [4.69, 9.17) is 0 Å². The Morgan fingerprint density at radius 3 is 2.15 bits per heavy atom. The third-order valence-electron chi connectivity index (χ3n) is 1.57. The number of carbonyl (C=O) groups is 1. The van der Waals surface area contributed by atoms with Crippen LogP contribution in [0.5, 0.6) is 0 Å². The zero-order chi connectivity index (χ0) is 10.6. The van der Waals surface area contributed by atoms with Crippen LogP contribution in [0.3, 0.4) is 0 Å². The predicted octanol–water partition coefficient (Wildman–Crippen LogP) is 1.78. The maximum atomic E-state index is 12.0. The maximum Gasteiger partial charge on any atom is 0.288 e. The van der Waals surface area contributed by atoms with Crippen molar-refractivity contribution >= 4 is 23.5 Å². The van der Waals surface area contributed by atoms with Gasteiger partial charge in [0, 0.05) is 0 Å². The monoisotopic (exact) mass is 209 g/mol. The van der Waals surface area contributed by atoms with E-state index in [-0.39, 0.29) is 0 Å². The minimum Gasteiger partial charge on any atom is -0.365 e.